The Labute approximate surface area is 85.5 Å². The first-order chi connectivity index (χ1) is 6.56. The highest BCUT2D eigenvalue weighted by Crippen LogP contribution is 2.11. The molecule has 1 aromatic heterocycles. The van der Waals surface area contributed by atoms with Gasteiger partial charge >= 0.3 is 5.97 Å². The lowest BCUT2D eigenvalue weighted by Gasteiger charge is -2.04. The van der Waals surface area contributed by atoms with Gasteiger partial charge in [0.25, 0.3) is 5.56 Å². The monoisotopic (exact) mass is 215 g/mol. The topological polar surface area (TPSA) is 70.2 Å². The van der Waals surface area contributed by atoms with Crippen LogP contribution in [0.5, 0.6) is 0 Å². The minimum Gasteiger partial charge on any atom is -0.477 e. The zero-order valence-corrected chi connectivity index (χ0v) is 8.39. The number of aromatic carboxylic acids is 1. The summed E-state index contributed by atoms with van der Waals surface area (Å²) < 4.78 is 0. The first-order valence-corrected chi connectivity index (χ1v) is 4.59. The molecule has 14 heavy (non-hydrogen) atoms. The Balaban J connectivity index is 3.31. The van der Waals surface area contributed by atoms with Crippen molar-refractivity contribution in [3.8, 4) is 0 Å². The molecule has 5 heteroatoms. The molecule has 0 saturated heterocycles. The van der Waals surface area contributed by atoms with Crippen LogP contribution in [0.1, 0.15) is 29.4 Å². The Morgan fingerprint density at radius 1 is 1.64 bits per heavy atom. The Morgan fingerprint density at radius 2 is 2.29 bits per heavy atom. The number of aryl methyl sites for hydroxylation is 1. The summed E-state index contributed by atoms with van der Waals surface area (Å²) in [6.07, 6.45) is 1.38. The van der Waals surface area contributed by atoms with E-state index < -0.39 is 11.5 Å². The number of carboxylic acids is 1. The van der Waals surface area contributed by atoms with Crippen molar-refractivity contribution >= 4 is 17.6 Å². The third kappa shape index (κ3) is 2.14. The van der Waals surface area contributed by atoms with Gasteiger partial charge in [-0.25, -0.2) is 4.79 Å². The van der Waals surface area contributed by atoms with Crippen LogP contribution in [-0.4, -0.2) is 16.1 Å². The van der Waals surface area contributed by atoms with Gasteiger partial charge in [-0.2, -0.15) is 0 Å². The van der Waals surface area contributed by atoms with E-state index in [9.17, 15) is 9.59 Å². The number of carboxylic acid groups (broad SMARTS) is 1. The maximum absolute atomic E-state index is 11.0. The summed E-state index contributed by atoms with van der Waals surface area (Å²) in [4.78, 5) is 24.0. The van der Waals surface area contributed by atoms with E-state index in [1.54, 1.807) is 0 Å². The average molecular weight is 216 g/mol. The van der Waals surface area contributed by atoms with Crippen molar-refractivity contribution in [3.63, 3.8) is 0 Å². The minimum absolute atomic E-state index is 0.0263. The molecular weight excluding hydrogens is 206 g/mol. The number of carbonyl (C=O) groups is 1. The predicted molar refractivity (Wildman–Crippen MR) is 53.0 cm³/mol. The average Bonchev–Trinajstić information content (AvgIpc) is 2.11. The van der Waals surface area contributed by atoms with Crippen molar-refractivity contribution in [2.75, 3.05) is 0 Å². The SMILES string of the molecule is CCCc1cc(Cl)c(=O)[nH]c1C(=O)O. The van der Waals surface area contributed by atoms with Gasteiger partial charge in [0, 0.05) is 0 Å². The molecule has 1 rings (SSSR count). The van der Waals surface area contributed by atoms with Gasteiger partial charge in [-0.15, -0.1) is 0 Å². The quantitative estimate of drug-likeness (QED) is 0.806. The lowest BCUT2D eigenvalue weighted by molar-refractivity contribution is 0.0689. The number of hydrogen-bond acceptors (Lipinski definition) is 2. The highest BCUT2D eigenvalue weighted by atomic mass is 35.5. The summed E-state index contributed by atoms with van der Waals surface area (Å²) >= 11 is 5.59. The summed E-state index contributed by atoms with van der Waals surface area (Å²) in [5.74, 6) is -1.14. The van der Waals surface area contributed by atoms with Crippen LogP contribution >= 0.6 is 11.6 Å². The third-order valence-corrected chi connectivity index (χ3v) is 2.09. The van der Waals surface area contributed by atoms with Gasteiger partial charge in [0.2, 0.25) is 0 Å². The zero-order valence-electron chi connectivity index (χ0n) is 7.63. The smallest absolute Gasteiger partial charge is 0.352 e. The van der Waals surface area contributed by atoms with Crippen LogP contribution in [0.3, 0.4) is 0 Å². The van der Waals surface area contributed by atoms with E-state index in [-0.39, 0.29) is 10.7 Å². The van der Waals surface area contributed by atoms with Crippen molar-refractivity contribution in [2.24, 2.45) is 0 Å². The van der Waals surface area contributed by atoms with Gasteiger partial charge in [0.15, 0.2) is 0 Å². The molecule has 4 nitrogen and oxygen atoms in total. The molecule has 0 bridgehead atoms. The Morgan fingerprint density at radius 3 is 2.79 bits per heavy atom. The van der Waals surface area contributed by atoms with Crippen LogP contribution in [0.15, 0.2) is 10.9 Å². The van der Waals surface area contributed by atoms with Crippen LogP contribution in [-0.2, 0) is 6.42 Å². The van der Waals surface area contributed by atoms with E-state index in [2.05, 4.69) is 4.98 Å². The number of aromatic nitrogens is 1. The molecule has 76 valence electrons. The van der Waals surface area contributed by atoms with Crippen molar-refractivity contribution in [1.82, 2.24) is 4.98 Å². The zero-order chi connectivity index (χ0) is 10.7. The van der Waals surface area contributed by atoms with Gasteiger partial charge in [0.1, 0.15) is 10.7 Å². The van der Waals surface area contributed by atoms with Crippen molar-refractivity contribution in [1.29, 1.82) is 0 Å². The second kappa shape index (κ2) is 4.28. The Kier molecular flexibility index (Phi) is 3.30. The molecule has 0 aromatic carbocycles. The summed E-state index contributed by atoms with van der Waals surface area (Å²) in [7, 11) is 0. The van der Waals surface area contributed by atoms with E-state index in [0.717, 1.165) is 6.42 Å². The molecule has 1 heterocycles. The molecular formula is C9H10ClNO3. The lowest BCUT2D eigenvalue weighted by Crippen LogP contribution is -2.16. The number of nitrogens with one attached hydrogen (secondary N) is 1. The molecule has 0 fully saturated rings. The highest BCUT2D eigenvalue weighted by molar-refractivity contribution is 6.30. The first-order valence-electron chi connectivity index (χ1n) is 4.21. The molecule has 0 saturated carbocycles. The van der Waals surface area contributed by atoms with Crippen LogP contribution < -0.4 is 5.56 Å². The minimum atomic E-state index is -1.14. The summed E-state index contributed by atoms with van der Waals surface area (Å²) in [6, 6.07) is 1.41. The molecule has 0 spiro atoms. The van der Waals surface area contributed by atoms with Crippen LogP contribution in [0.4, 0.5) is 0 Å². The number of H-pyrrole nitrogens is 1. The molecule has 0 aliphatic rings. The molecule has 0 atom stereocenters. The molecule has 2 N–H and O–H groups in total. The van der Waals surface area contributed by atoms with E-state index in [0.29, 0.717) is 12.0 Å². The summed E-state index contributed by atoms with van der Waals surface area (Å²) in [5.41, 5.74) is -0.0743. The van der Waals surface area contributed by atoms with Crippen molar-refractivity contribution in [2.45, 2.75) is 19.8 Å². The molecule has 0 unspecified atom stereocenters. The fourth-order valence-electron chi connectivity index (χ4n) is 1.20. The molecule has 0 radical (unpaired) electrons. The highest BCUT2D eigenvalue weighted by Gasteiger charge is 2.12. The van der Waals surface area contributed by atoms with Crippen LogP contribution in [0, 0.1) is 0 Å². The Hall–Kier alpha value is -1.29. The number of halogens is 1. The molecule has 0 aliphatic carbocycles. The third-order valence-electron chi connectivity index (χ3n) is 1.81. The van der Waals surface area contributed by atoms with Gasteiger partial charge in [-0.1, -0.05) is 24.9 Å². The number of rotatable bonds is 3. The fraction of sp³-hybridized carbons (Fsp3) is 0.333. The fourth-order valence-corrected chi connectivity index (χ4v) is 1.38. The predicted octanol–water partition coefficient (Wildman–Crippen LogP) is 1.68. The normalized spacial score (nSPS) is 10.1. The van der Waals surface area contributed by atoms with Crippen molar-refractivity contribution in [3.05, 3.63) is 32.7 Å². The summed E-state index contributed by atoms with van der Waals surface area (Å²) in [5, 5.41) is 8.82. The Bertz CT molecular complexity index is 411. The maximum atomic E-state index is 11.0. The largest absolute Gasteiger partial charge is 0.477 e. The summed E-state index contributed by atoms with van der Waals surface area (Å²) in [6.45, 7) is 1.92. The van der Waals surface area contributed by atoms with Crippen LogP contribution in [0.25, 0.3) is 0 Å². The van der Waals surface area contributed by atoms with Gasteiger partial charge in [0.05, 0.1) is 0 Å². The van der Waals surface area contributed by atoms with E-state index >= 15 is 0 Å². The van der Waals surface area contributed by atoms with E-state index in [1.165, 1.54) is 6.07 Å². The second-order valence-electron chi connectivity index (χ2n) is 2.90. The number of aromatic amines is 1. The standard InChI is InChI=1S/C9H10ClNO3/c1-2-3-5-4-6(10)8(12)11-7(5)9(13)14/h4H,2-3H2,1H3,(H,11,12)(H,13,14). The van der Waals surface area contributed by atoms with Gasteiger partial charge < -0.3 is 10.1 Å². The van der Waals surface area contributed by atoms with E-state index in [1.807, 2.05) is 6.92 Å². The molecule has 1 aromatic rings. The maximum Gasteiger partial charge on any atom is 0.352 e. The first kappa shape index (κ1) is 10.8. The number of pyridine rings is 1. The van der Waals surface area contributed by atoms with Gasteiger partial charge in [-0.3, -0.25) is 4.79 Å². The van der Waals surface area contributed by atoms with E-state index in [4.69, 9.17) is 16.7 Å². The van der Waals surface area contributed by atoms with Gasteiger partial charge in [-0.05, 0) is 18.1 Å². The van der Waals surface area contributed by atoms with Crippen molar-refractivity contribution < 1.29 is 9.90 Å². The van der Waals surface area contributed by atoms with Crippen LogP contribution in [0.2, 0.25) is 5.02 Å². The number of hydrogen-bond donors (Lipinski definition) is 2. The molecule has 0 amide bonds. The second-order valence-corrected chi connectivity index (χ2v) is 3.31. The molecule has 0 aliphatic heterocycles. The lowest BCUT2D eigenvalue weighted by atomic mass is 10.1.